The summed E-state index contributed by atoms with van der Waals surface area (Å²) in [5.41, 5.74) is 17.7. The molecule has 294 valence electrons. The molecule has 5 aliphatic carbocycles. The second-order valence-electron chi connectivity index (χ2n) is 19.2. The van der Waals surface area contributed by atoms with E-state index in [9.17, 15) is 0 Å². The number of fused-ring (bicyclic) bond motifs is 8. The van der Waals surface area contributed by atoms with Gasteiger partial charge in [0.15, 0.2) is 0 Å². The summed E-state index contributed by atoms with van der Waals surface area (Å²) in [7, 11) is 0. The third-order valence-corrected chi connectivity index (χ3v) is 13.6. The van der Waals surface area contributed by atoms with Gasteiger partial charge in [0.1, 0.15) is 0 Å². The Kier molecular flexibility index (Phi) is 8.98. The minimum Gasteiger partial charge on any atom is -0.358 e. The van der Waals surface area contributed by atoms with Crippen molar-refractivity contribution in [1.82, 2.24) is 0 Å². The van der Waals surface area contributed by atoms with Crippen LogP contribution in [-0.4, -0.2) is 18.1 Å². The lowest BCUT2D eigenvalue weighted by Gasteiger charge is -2.44. The lowest BCUT2D eigenvalue weighted by molar-refractivity contribution is 0.557. The minimum atomic E-state index is -0.409. The van der Waals surface area contributed by atoms with Crippen LogP contribution in [0.2, 0.25) is 0 Å². The second kappa shape index (κ2) is 14.2. The van der Waals surface area contributed by atoms with Gasteiger partial charge in [0.25, 0.3) is 0 Å². The quantitative estimate of drug-likeness (QED) is 0.170. The first-order valence-corrected chi connectivity index (χ1v) is 21.7. The van der Waals surface area contributed by atoms with Crippen LogP contribution < -0.4 is 9.80 Å². The van der Waals surface area contributed by atoms with Crippen LogP contribution in [0.5, 0.6) is 0 Å². The fraction of sp³-hybridized carbons (Fsp3) is 0.263. The molecule has 0 bridgehead atoms. The van der Waals surface area contributed by atoms with Crippen molar-refractivity contribution < 1.29 is 0 Å². The molecular weight excluding hydrogens is 713 g/mol. The molecule has 0 saturated heterocycles. The van der Waals surface area contributed by atoms with Crippen LogP contribution in [0.3, 0.4) is 0 Å². The third kappa shape index (κ3) is 6.14. The van der Waals surface area contributed by atoms with Crippen LogP contribution in [-0.2, 0) is 16.2 Å². The zero-order valence-electron chi connectivity index (χ0n) is 35.5. The van der Waals surface area contributed by atoms with Crippen LogP contribution in [0.1, 0.15) is 83.1 Å². The van der Waals surface area contributed by atoms with Gasteiger partial charge in [0, 0.05) is 17.1 Å². The Balaban J connectivity index is 1.21. The number of hydrogen-bond acceptors (Lipinski definition) is 2. The molecule has 5 aromatic rings. The molecule has 5 aliphatic rings. The monoisotopic (exact) mass is 768 g/mol. The SMILES string of the molecule is CC(C)(C)c1ccc2c(c1)C1(C3=C(C=CC(N(c4ccccc4)c4ccccc4)C3)C3=C1CC(N(c1ccccc1)C1C=CC=CC1)C=C3)c1cc(C(C)(C)C)ccc1-2. The van der Waals surface area contributed by atoms with Crippen molar-refractivity contribution in [3.63, 3.8) is 0 Å². The highest BCUT2D eigenvalue weighted by Crippen LogP contribution is 2.66. The summed E-state index contributed by atoms with van der Waals surface area (Å²) in [4.78, 5) is 5.27. The molecule has 2 nitrogen and oxygen atoms in total. The molecule has 0 aromatic heterocycles. The molecule has 59 heavy (non-hydrogen) atoms. The molecule has 0 saturated carbocycles. The highest BCUT2D eigenvalue weighted by atomic mass is 15.2. The van der Waals surface area contributed by atoms with Crippen molar-refractivity contribution in [2.24, 2.45) is 0 Å². The van der Waals surface area contributed by atoms with E-state index in [0.29, 0.717) is 0 Å². The summed E-state index contributed by atoms with van der Waals surface area (Å²) in [5.74, 6) is 0. The highest BCUT2D eigenvalue weighted by molar-refractivity contribution is 5.90. The summed E-state index contributed by atoms with van der Waals surface area (Å²) >= 11 is 0. The first-order chi connectivity index (χ1) is 28.5. The fourth-order valence-corrected chi connectivity index (χ4v) is 10.8. The van der Waals surface area contributed by atoms with E-state index in [1.165, 1.54) is 61.6 Å². The third-order valence-electron chi connectivity index (χ3n) is 13.6. The molecule has 3 unspecified atom stereocenters. The van der Waals surface area contributed by atoms with Crippen molar-refractivity contribution in [3.05, 3.63) is 221 Å². The predicted octanol–water partition coefficient (Wildman–Crippen LogP) is 14.0. The van der Waals surface area contributed by atoms with Gasteiger partial charge in [-0.3, -0.25) is 0 Å². The number of rotatable bonds is 6. The number of allylic oxidation sites excluding steroid dienone is 6. The molecule has 0 fully saturated rings. The Morgan fingerprint density at radius 3 is 1.44 bits per heavy atom. The first-order valence-electron chi connectivity index (χ1n) is 21.7. The van der Waals surface area contributed by atoms with Gasteiger partial charge in [-0.05, 0) is 122 Å². The van der Waals surface area contributed by atoms with Crippen molar-refractivity contribution in [2.45, 2.75) is 95.2 Å². The van der Waals surface area contributed by atoms with Gasteiger partial charge in [-0.15, -0.1) is 0 Å². The number of nitrogens with zero attached hydrogens (tertiary/aromatic N) is 2. The Bertz CT molecular complexity index is 2500. The molecule has 0 N–H and O–H groups in total. The molecule has 10 rings (SSSR count). The summed E-state index contributed by atoms with van der Waals surface area (Å²) in [6.45, 7) is 14.2. The normalized spacial score (nSPS) is 21.1. The summed E-state index contributed by atoms with van der Waals surface area (Å²) < 4.78 is 0. The average Bonchev–Trinajstić information content (AvgIpc) is 3.71. The Morgan fingerprint density at radius 1 is 0.492 bits per heavy atom. The standard InChI is InChI=1S/C57H56N2/c1-55(2,3)39-27-31-47-48-32-28-40(56(4,5)6)36-52(48)57(51(47)35-39)53-37-45(58(41-19-11-7-12-20-41)42-21-13-8-14-22-42)29-33-49(53)50-34-30-46(38-54(50)57)59(43-23-15-9-16-24-43)44-25-17-10-18-26-44/h7-25,27-36,44-46H,26,37-38H2,1-6H3. The van der Waals surface area contributed by atoms with Crippen molar-refractivity contribution in [2.75, 3.05) is 9.80 Å². The molecule has 5 aromatic carbocycles. The van der Waals surface area contributed by atoms with Crippen molar-refractivity contribution >= 4 is 17.1 Å². The lowest BCUT2D eigenvalue weighted by Crippen LogP contribution is -2.44. The van der Waals surface area contributed by atoms with Gasteiger partial charge in [-0.2, -0.15) is 0 Å². The molecule has 2 heteroatoms. The Morgan fingerprint density at radius 2 is 0.966 bits per heavy atom. The molecular formula is C57H56N2. The van der Waals surface area contributed by atoms with E-state index >= 15 is 0 Å². The first kappa shape index (κ1) is 37.4. The summed E-state index contributed by atoms with van der Waals surface area (Å²) in [6.07, 6.45) is 22.1. The highest BCUT2D eigenvalue weighted by Gasteiger charge is 2.56. The maximum Gasteiger partial charge on any atom is 0.0653 e. The van der Waals surface area contributed by atoms with Crippen LogP contribution in [0.15, 0.2) is 198 Å². The molecule has 3 atom stereocenters. The Hall–Kier alpha value is -5.86. The number of hydrogen-bond donors (Lipinski definition) is 0. The van der Waals surface area contributed by atoms with Crippen LogP contribution >= 0.6 is 0 Å². The lowest BCUT2D eigenvalue weighted by atomic mass is 9.64. The predicted molar refractivity (Wildman–Crippen MR) is 250 cm³/mol. The van der Waals surface area contributed by atoms with Gasteiger partial charge in [0.2, 0.25) is 0 Å². The van der Waals surface area contributed by atoms with Gasteiger partial charge in [-0.1, -0.05) is 181 Å². The second-order valence-corrected chi connectivity index (χ2v) is 19.2. The minimum absolute atomic E-state index is 0.000950. The van der Waals surface area contributed by atoms with Crippen LogP contribution in [0.4, 0.5) is 17.1 Å². The van der Waals surface area contributed by atoms with Crippen molar-refractivity contribution in [1.29, 1.82) is 0 Å². The largest absolute Gasteiger partial charge is 0.358 e. The number of benzene rings is 5. The zero-order valence-corrected chi connectivity index (χ0v) is 35.5. The van der Waals surface area contributed by atoms with Gasteiger partial charge in [-0.25, -0.2) is 0 Å². The fourth-order valence-electron chi connectivity index (χ4n) is 10.8. The van der Waals surface area contributed by atoms with Gasteiger partial charge in [0.05, 0.1) is 23.5 Å². The van der Waals surface area contributed by atoms with Crippen molar-refractivity contribution in [3.8, 4) is 11.1 Å². The van der Waals surface area contributed by atoms with Gasteiger partial charge < -0.3 is 9.80 Å². The number of anilines is 3. The number of para-hydroxylation sites is 3. The maximum absolute atomic E-state index is 2.70. The summed E-state index contributed by atoms with van der Waals surface area (Å²) in [6, 6.07) is 48.7. The zero-order chi connectivity index (χ0) is 40.5. The smallest absolute Gasteiger partial charge is 0.0653 e. The molecule has 0 heterocycles. The van der Waals surface area contributed by atoms with Crippen LogP contribution in [0.25, 0.3) is 11.1 Å². The Labute approximate surface area is 352 Å². The van der Waals surface area contributed by atoms with E-state index in [1.807, 2.05) is 0 Å². The summed E-state index contributed by atoms with van der Waals surface area (Å²) in [5, 5.41) is 0. The van der Waals surface area contributed by atoms with E-state index in [1.54, 1.807) is 11.1 Å². The topological polar surface area (TPSA) is 6.48 Å². The van der Waals surface area contributed by atoms with E-state index in [2.05, 4.69) is 227 Å². The van der Waals surface area contributed by atoms with Gasteiger partial charge >= 0.3 is 0 Å². The van der Waals surface area contributed by atoms with E-state index < -0.39 is 5.41 Å². The van der Waals surface area contributed by atoms with E-state index in [4.69, 9.17) is 0 Å². The average molecular weight is 769 g/mol. The van der Waals surface area contributed by atoms with E-state index in [-0.39, 0.29) is 29.0 Å². The maximum atomic E-state index is 2.70. The molecule has 1 spiro atoms. The molecule has 0 amide bonds. The molecule has 0 radical (unpaired) electrons. The van der Waals surface area contributed by atoms with E-state index in [0.717, 1.165) is 19.3 Å². The van der Waals surface area contributed by atoms with Crippen LogP contribution in [0, 0.1) is 0 Å². The molecule has 0 aliphatic heterocycles.